The summed E-state index contributed by atoms with van der Waals surface area (Å²) in [5.74, 6) is 0. The average molecular weight is 283 g/mol. The number of aromatic nitrogens is 1. The van der Waals surface area contributed by atoms with E-state index in [1.54, 1.807) is 19.0 Å². The molecule has 18 heavy (non-hydrogen) atoms. The largest absolute Gasteiger partial charge is 0.416 e. The Balaban J connectivity index is 2.41. The predicted octanol–water partition coefficient (Wildman–Crippen LogP) is 2.91. The van der Waals surface area contributed by atoms with Crippen LogP contribution in [0, 0.1) is 0 Å². The second kappa shape index (κ2) is 5.46. The Bertz CT molecular complexity index is 599. The van der Waals surface area contributed by atoms with E-state index in [2.05, 4.69) is 4.98 Å². The molecule has 0 amide bonds. The molecule has 2 rings (SSSR count). The minimum atomic E-state index is -0.481. The lowest BCUT2D eigenvalue weighted by Gasteiger charge is -2.10. The second-order valence-corrected chi connectivity index (χ2v) is 5.14. The topological polar surface area (TPSA) is 46.3 Å². The highest BCUT2D eigenvalue weighted by molar-refractivity contribution is 7.99. The van der Waals surface area contributed by atoms with E-state index in [0.29, 0.717) is 5.09 Å². The minimum absolute atomic E-state index is 0.00875. The van der Waals surface area contributed by atoms with Gasteiger partial charge >= 0.3 is 6.01 Å². The SMILES string of the molecule is CN(C)c1nc(=O)c(Cl)c(Sc2ccccc2)o1. The summed E-state index contributed by atoms with van der Waals surface area (Å²) in [4.78, 5) is 17.9. The monoisotopic (exact) mass is 282 g/mol. The first-order valence-corrected chi connectivity index (χ1v) is 6.38. The van der Waals surface area contributed by atoms with E-state index in [1.165, 1.54) is 11.8 Å². The van der Waals surface area contributed by atoms with Crippen molar-refractivity contribution in [3.05, 3.63) is 45.7 Å². The lowest BCUT2D eigenvalue weighted by molar-refractivity contribution is 0.438. The number of nitrogens with zero attached hydrogens (tertiary/aromatic N) is 2. The van der Waals surface area contributed by atoms with Crippen LogP contribution in [0.25, 0.3) is 0 Å². The summed E-state index contributed by atoms with van der Waals surface area (Å²) >= 11 is 7.21. The van der Waals surface area contributed by atoms with E-state index in [4.69, 9.17) is 16.0 Å². The molecule has 0 atom stereocenters. The molecule has 0 fully saturated rings. The van der Waals surface area contributed by atoms with Gasteiger partial charge in [0.05, 0.1) is 0 Å². The lowest BCUT2D eigenvalue weighted by Crippen LogP contribution is -2.17. The van der Waals surface area contributed by atoms with Crippen molar-refractivity contribution in [3.8, 4) is 0 Å². The fraction of sp³-hybridized carbons (Fsp3) is 0.167. The first-order valence-electron chi connectivity index (χ1n) is 5.19. The van der Waals surface area contributed by atoms with Gasteiger partial charge in [-0.2, -0.15) is 4.98 Å². The molecule has 6 heteroatoms. The summed E-state index contributed by atoms with van der Waals surface area (Å²) in [6.45, 7) is 0. The third-order valence-corrected chi connectivity index (χ3v) is 3.51. The molecule has 4 nitrogen and oxygen atoms in total. The molecular formula is C12H11ClN2O2S. The van der Waals surface area contributed by atoms with Gasteiger partial charge in [0.1, 0.15) is 0 Å². The third kappa shape index (κ3) is 2.86. The fourth-order valence-corrected chi connectivity index (χ4v) is 2.22. The van der Waals surface area contributed by atoms with Crippen molar-refractivity contribution in [3.63, 3.8) is 0 Å². The molecule has 1 aromatic heterocycles. The van der Waals surface area contributed by atoms with Crippen LogP contribution >= 0.6 is 23.4 Å². The zero-order valence-corrected chi connectivity index (χ0v) is 11.5. The number of hydrogen-bond acceptors (Lipinski definition) is 5. The van der Waals surface area contributed by atoms with E-state index in [0.717, 1.165) is 4.90 Å². The second-order valence-electron chi connectivity index (χ2n) is 3.71. The number of hydrogen-bond donors (Lipinski definition) is 0. The van der Waals surface area contributed by atoms with Gasteiger partial charge in [-0.05, 0) is 12.1 Å². The molecule has 2 aromatic rings. The smallest absolute Gasteiger partial charge is 0.301 e. The highest BCUT2D eigenvalue weighted by Crippen LogP contribution is 2.32. The van der Waals surface area contributed by atoms with E-state index >= 15 is 0 Å². The molecule has 0 bridgehead atoms. The molecule has 1 aromatic carbocycles. The molecule has 0 N–H and O–H groups in total. The Hall–Kier alpha value is -1.46. The fourth-order valence-electron chi connectivity index (χ4n) is 1.23. The van der Waals surface area contributed by atoms with E-state index in [1.807, 2.05) is 30.3 Å². The van der Waals surface area contributed by atoms with Crippen LogP contribution in [0.5, 0.6) is 0 Å². The number of anilines is 1. The molecule has 0 radical (unpaired) electrons. The van der Waals surface area contributed by atoms with Crippen LogP contribution in [0.4, 0.5) is 6.01 Å². The molecule has 0 unspecified atom stereocenters. The van der Waals surface area contributed by atoms with Gasteiger partial charge in [0, 0.05) is 19.0 Å². The van der Waals surface area contributed by atoms with Crippen LogP contribution in [-0.2, 0) is 0 Å². The third-order valence-electron chi connectivity index (χ3n) is 2.08. The van der Waals surface area contributed by atoms with Gasteiger partial charge in [-0.3, -0.25) is 4.79 Å². The maximum atomic E-state index is 11.6. The standard InChI is InChI=1S/C12H11ClN2O2S/c1-15(2)12-14-10(16)9(13)11(17-12)18-8-6-4-3-5-7-8/h3-7H,1-2H3. The summed E-state index contributed by atoms with van der Waals surface area (Å²) in [7, 11) is 3.49. The zero-order chi connectivity index (χ0) is 13.1. The van der Waals surface area contributed by atoms with Crippen molar-refractivity contribution in [1.82, 2.24) is 4.98 Å². The number of halogens is 1. The van der Waals surface area contributed by atoms with E-state index in [-0.39, 0.29) is 11.0 Å². The van der Waals surface area contributed by atoms with Crippen LogP contribution in [0.2, 0.25) is 5.02 Å². The summed E-state index contributed by atoms with van der Waals surface area (Å²) in [6.07, 6.45) is 0. The molecule has 94 valence electrons. The van der Waals surface area contributed by atoms with Crippen LogP contribution in [-0.4, -0.2) is 19.1 Å². The highest BCUT2D eigenvalue weighted by Gasteiger charge is 2.14. The Morgan fingerprint density at radius 1 is 1.28 bits per heavy atom. The van der Waals surface area contributed by atoms with Gasteiger partial charge in [0.15, 0.2) is 10.1 Å². The van der Waals surface area contributed by atoms with Gasteiger partial charge in [0.2, 0.25) is 0 Å². The Labute approximate surface area is 114 Å². The number of rotatable bonds is 3. The quantitative estimate of drug-likeness (QED) is 0.866. The molecule has 0 saturated carbocycles. The van der Waals surface area contributed by atoms with Crippen molar-refractivity contribution in [2.24, 2.45) is 0 Å². The molecule has 0 spiro atoms. The first kappa shape index (κ1) is 13.0. The van der Waals surface area contributed by atoms with Gasteiger partial charge in [-0.25, -0.2) is 0 Å². The predicted molar refractivity (Wildman–Crippen MR) is 72.7 cm³/mol. The maximum absolute atomic E-state index is 11.6. The normalized spacial score (nSPS) is 10.4. The average Bonchev–Trinajstić information content (AvgIpc) is 2.35. The molecular weight excluding hydrogens is 272 g/mol. The molecule has 0 saturated heterocycles. The van der Waals surface area contributed by atoms with Crippen LogP contribution in [0.1, 0.15) is 0 Å². The summed E-state index contributed by atoms with van der Waals surface area (Å²) in [6, 6.07) is 9.79. The summed E-state index contributed by atoms with van der Waals surface area (Å²) < 4.78 is 5.50. The maximum Gasteiger partial charge on any atom is 0.301 e. The van der Waals surface area contributed by atoms with Crippen molar-refractivity contribution in [2.75, 3.05) is 19.0 Å². The summed E-state index contributed by atoms with van der Waals surface area (Å²) in [5.41, 5.74) is -0.481. The van der Waals surface area contributed by atoms with E-state index < -0.39 is 5.56 Å². The lowest BCUT2D eigenvalue weighted by atomic mass is 10.4. The first-order chi connectivity index (χ1) is 8.58. The Morgan fingerprint density at radius 2 is 1.94 bits per heavy atom. The molecule has 0 aliphatic heterocycles. The Kier molecular flexibility index (Phi) is 3.93. The van der Waals surface area contributed by atoms with Gasteiger partial charge in [-0.1, -0.05) is 41.6 Å². The van der Waals surface area contributed by atoms with E-state index in [9.17, 15) is 4.79 Å². The molecule has 0 aliphatic rings. The summed E-state index contributed by atoms with van der Waals surface area (Å²) in [5, 5.41) is 0.362. The van der Waals surface area contributed by atoms with Crippen molar-refractivity contribution >= 4 is 29.4 Å². The Morgan fingerprint density at radius 3 is 2.56 bits per heavy atom. The van der Waals surface area contributed by atoms with Crippen molar-refractivity contribution in [1.29, 1.82) is 0 Å². The highest BCUT2D eigenvalue weighted by atomic mass is 35.5. The molecule has 1 heterocycles. The van der Waals surface area contributed by atoms with Crippen molar-refractivity contribution in [2.45, 2.75) is 9.99 Å². The van der Waals surface area contributed by atoms with Gasteiger partial charge in [0.25, 0.3) is 5.56 Å². The number of benzene rings is 1. The van der Waals surface area contributed by atoms with Crippen LogP contribution in [0.15, 0.2) is 49.5 Å². The minimum Gasteiger partial charge on any atom is -0.416 e. The zero-order valence-electron chi connectivity index (χ0n) is 9.88. The van der Waals surface area contributed by atoms with Crippen molar-refractivity contribution < 1.29 is 4.42 Å². The van der Waals surface area contributed by atoms with Gasteiger partial charge < -0.3 is 9.32 Å². The molecule has 0 aliphatic carbocycles. The van der Waals surface area contributed by atoms with Gasteiger partial charge in [-0.15, -0.1) is 0 Å². The van der Waals surface area contributed by atoms with Crippen LogP contribution < -0.4 is 10.5 Å². The van der Waals surface area contributed by atoms with Crippen LogP contribution in [0.3, 0.4) is 0 Å².